The van der Waals surface area contributed by atoms with E-state index in [-0.39, 0.29) is 0 Å². The Hall–Kier alpha value is -0.160. The standard InChI is InChI=1S/C11H26N2O2/c1-5-13(8-9-14-3)7-6-12-11(2)10-15-4/h11-12H,5-10H2,1-4H3. The SMILES string of the molecule is CCN(CCNC(C)COC)CCOC. The second-order valence-electron chi connectivity index (χ2n) is 3.74. The van der Waals surface area contributed by atoms with Gasteiger partial charge in [-0.25, -0.2) is 0 Å². The molecular weight excluding hydrogens is 192 g/mol. The highest BCUT2D eigenvalue weighted by Gasteiger charge is 2.03. The molecule has 0 aromatic carbocycles. The van der Waals surface area contributed by atoms with Gasteiger partial charge in [-0.15, -0.1) is 0 Å². The first kappa shape index (κ1) is 14.8. The molecule has 1 unspecified atom stereocenters. The summed E-state index contributed by atoms with van der Waals surface area (Å²) in [5.41, 5.74) is 0. The van der Waals surface area contributed by atoms with E-state index in [9.17, 15) is 0 Å². The van der Waals surface area contributed by atoms with E-state index in [2.05, 4.69) is 24.1 Å². The zero-order chi connectivity index (χ0) is 11.5. The molecule has 92 valence electrons. The highest BCUT2D eigenvalue weighted by Crippen LogP contribution is 1.88. The Morgan fingerprint density at radius 1 is 1.20 bits per heavy atom. The number of nitrogens with one attached hydrogen (secondary N) is 1. The van der Waals surface area contributed by atoms with E-state index in [0.29, 0.717) is 6.04 Å². The molecule has 0 heterocycles. The van der Waals surface area contributed by atoms with Crippen molar-refractivity contribution in [1.82, 2.24) is 10.2 Å². The Balaban J connectivity index is 3.44. The molecule has 0 aliphatic carbocycles. The van der Waals surface area contributed by atoms with Crippen LogP contribution in [0.15, 0.2) is 0 Å². The monoisotopic (exact) mass is 218 g/mol. The van der Waals surface area contributed by atoms with Gasteiger partial charge < -0.3 is 19.7 Å². The molecule has 0 aromatic rings. The van der Waals surface area contributed by atoms with Crippen LogP contribution in [0.5, 0.6) is 0 Å². The van der Waals surface area contributed by atoms with Crippen LogP contribution in [0.25, 0.3) is 0 Å². The molecule has 1 N–H and O–H groups in total. The number of methoxy groups -OCH3 is 2. The Kier molecular flexibility index (Phi) is 10.3. The van der Waals surface area contributed by atoms with Crippen LogP contribution < -0.4 is 5.32 Å². The summed E-state index contributed by atoms with van der Waals surface area (Å²) in [7, 11) is 3.47. The molecule has 0 saturated heterocycles. The Morgan fingerprint density at radius 3 is 2.47 bits per heavy atom. The molecule has 4 heteroatoms. The molecule has 1 atom stereocenters. The van der Waals surface area contributed by atoms with Crippen LogP contribution in [0.1, 0.15) is 13.8 Å². The van der Waals surface area contributed by atoms with Gasteiger partial charge in [-0.1, -0.05) is 6.92 Å². The third-order valence-corrected chi connectivity index (χ3v) is 2.40. The van der Waals surface area contributed by atoms with Crippen molar-refractivity contribution in [2.45, 2.75) is 19.9 Å². The van der Waals surface area contributed by atoms with Crippen molar-refractivity contribution in [3.8, 4) is 0 Å². The number of hydrogen-bond donors (Lipinski definition) is 1. The van der Waals surface area contributed by atoms with Gasteiger partial charge in [0.25, 0.3) is 0 Å². The molecule has 0 aromatic heterocycles. The third kappa shape index (κ3) is 8.81. The van der Waals surface area contributed by atoms with Crippen LogP contribution in [-0.2, 0) is 9.47 Å². The second kappa shape index (κ2) is 10.4. The van der Waals surface area contributed by atoms with Crippen molar-refractivity contribution in [2.24, 2.45) is 0 Å². The number of nitrogens with zero attached hydrogens (tertiary/aromatic N) is 1. The minimum absolute atomic E-state index is 0.427. The minimum Gasteiger partial charge on any atom is -0.383 e. The number of hydrogen-bond acceptors (Lipinski definition) is 4. The van der Waals surface area contributed by atoms with Gasteiger partial charge in [0.1, 0.15) is 0 Å². The molecule has 0 aliphatic rings. The summed E-state index contributed by atoms with van der Waals surface area (Å²) in [4.78, 5) is 2.37. The minimum atomic E-state index is 0.427. The second-order valence-corrected chi connectivity index (χ2v) is 3.74. The smallest absolute Gasteiger partial charge is 0.0613 e. The first-order valence-corrected chi connectivity index (χ1v) is 5.68. The third-order valence-electron chi connectivity index (χ3n) is 2.40. The van der Waals surface area contributed by atoms with Crippen molar-refractivity contribution in [1.29, 1.82) is 0 Å². The lowest BCUT2D eigenvalue weighted by molar-refractivity contribution is 0.146. The Bertz CT molecular complexity index is 134. The largest absolute Gasteiger partial charge is 0.383 e. The molecule has 4 nitrogen and oxygen atoms in total. The normalized spacial score (nSPS) is 13.4. The Morgan fingerprint density at radius 2 is 1.93 bits per heavy atom. The molecule has 0 bridgehead atoms. The topological polar surface area (TPSA) is 33.7 Å². The van der Waals surface area contributed by atoms with Crippen LogP contribution in [-0.4, -0.2) is 64.6 Å². The molecule has 0 aliphatic heterocycles. The molecule has 0 spiro atoms. The first-order chi connectivity index (χ1) is 7.24. The van der Waals surface area contributed by atoms with E-state index < -0.39 is 0 Å². The van der Waals surface area contributed by atoms with Gasteiger partial charge in [0.05, 0.1) is 13.2 Å². The summed E-state index contributed by atoms with van der Waals surface area (Å²) in [6.45, 7) is 10.0. The molecule has 15 heavy (non-hydrogen) atoms. The van der Waals surface area contributed by atoms with Crippen molar-refractivity contribution < 1.29 is 9.47 Å². The van der Waals surface area contributed by atoms with E-state index in [1.165, 1.54) is 0 Å². The van der Waals surface area contributed by atoms with E-state index in [0.717, 1.165) is 39.4 Å². The summed E-state index contributed by atoms with van der Waals surface area (Å²) in [5.74, 6) is 0. The van der Waals surface area contributed by atoms with E-state index in [1.807, 2.05) is 0 Å². The average Bonchev–Trinajstić information content (AvgIpc) is 2.23. The maximum Gasteiger partial charge on any atom is 0.0613 e. The van der Waals surface area contributed by atoms with Gasteiger partial charge >= 0.3 is 0 Å². The lowest BCUT2D eigenvalue weighted by Gasteiger charge is -2.21. The van der Waals surface area contributed by atoms with Crippen LogP contribution in [0.2, 0.25) is 0 Å². The summed E-state index contributed by atoms with van der Waals surface area (Å²) >= 11 is 0. The van der Waals surface area contributed by atoms with E-state index in [4.69, 9.17) is 9.47 Å². The lowest BCUT2D eigenvalue weighted by atomic mass is 10.3. The fourth-order valence-corrected chi connectivity index (χ4v) is 1.43. The average molecular weight is 218 g/mol. The maximum atomic E-state index is 5.06. The fraction of sp³-hybridized carbons (Fsp3) is 1.00. The zero-order valence-electron chi connectivity index (χ0n) is 10.6. The summed E-state index contributed by atoms with van der Waals surface area (Å²) < 4.78 is 10.1. The van der Waals surface area contributed by atoms with Crippen molar-refractivity contribution in [2.75, 3.05) is 53.6 Å². The molecule has 0 amide bonds. The highest BCUT2D eigenvalue weighted by atomic mass is 16.5. The van der Waals surface area contributed by atoms with Gasteiger partial charge in [0.2, 0.25) is 0 Å². The first-order valence-electron chi connectivity index (χ1n) is 5.68. The highest BCUT2D eigenvalue weighted by molar-refractivity contribution is 4.62. The molecular formula is C11H26N2O2. The van der Waals surface area contributed by atoms with Crippen molar-refractivity contribution in [3.63, 3.8) is 0 Å². The van der Waals surface area contributed by atoms with Crippen LogP contribution >= 0.6 is 0 Å². The van der Waals surface area contributed by atoms with Crippen molar-refractivity contribution in [3.05, 3.63) is 0 Å². The summed E-state index contributed by atoms with van der Waals surface area (Å²) in [5, 5.41) is 3.42. The van der Waals surface area contributed by atoms with E-state index >= 15 is 0 Å². The van der Waals surface area contributed by atoms with Crippen LogP contribution in [0, 0.1) is 0 Å². The van der Waals surface area contributed by atoms with Crippen molar-refractivity contribution >= 4 is 0 Å². The fourth-order valence-electron chi connectivity index (χ4n) is 1.43. The number of ether oxygens (including phenoxy) is 2. The van der Waals surface area contributed by atoms with Crippen LogP contribution in [0.4, 0.5) is 0 Å². The Labute approximate surface area is 93.9 Å². The molecule has 0 saturated carbocycles. The maximum absolute atomic E-state index is 5.06. The van der Waals surface area contributed by atoms with Gasteiger partial charge in [0, 0.05) is 39.9 Å². The van der Waals surface area contributed by atoms with Crippen LogP contribution in [0.3, 0.4) is 0 Å². The predicted octanol–water partition coefficient (Wildman–Crippen LogP) is 0.579. The van der Waals surface area contributed by atoms with Gasteiger partial charge in [-0.2, -0.15) is 0 Å². The molecule has 0 radical (unpaired) electrons. The van der Waals surface area contributed by atoms with E-state index in [1.54, 1.807) is 14.2 Å². The lowest BCUT2D eigenvalue weighted by Crippen LogP contribution is -2.38. The van der Waals surface area contributed by atoms with Gasteiger partial charge in [-0.05, 0) is 13.5 Å². The quantitative estimate of drug-likeness (QED) is 0.581. The van der Waals surface area contributed by atoms with Gasteiger partial charge in [-0.3, -0.25) is 0 Å². The molecule has 0 fully saturated rings. The predicted molar refractivity (Wildman–Crippen MR) is 63.3 cm³/mol. The zero-order valence-corrected chi connectivity index (χ0v) is 10.6. The molecule has 0 rings (SSSR count). The van der Waals surface area contributed by atoms with Gasteiger partial charge in [0.15, 0.2) is 0 Å². The number of rotatable bonds is 10. The summed E-state index contributed by atoms with van der Waals surface area (Å²) in [6.07, 6.45) is 0. The number of likely N-dealkylation sites (N-methyl/N-ethyl adjacent to an activating group) is 1. The summed E-state index contributed by atoms with van der Waals surface area (Å²) in [6, 6.07) is 0.427.